The fourth-order valence-electron chi connectivity index (χ4n) is 3.82. The normalized spacial score (nSPS) is 26.6. The van der Waals surface area contributed by atoms with Crippen molar-refractivity contribution in [1.29, 1.82) is 0 Å². The van der Waals surface area contributed by atoms with E-state index in [-0.39, 0.29) is 11.3 Å². The molecule has 2 atom stereocenters. The molecule has 1 aromatic rings. The highest BCUT2D eigenvalue weighted by molar-refractivity contribution is 5.96. The van der Waals surface area contributed by atoms with Crippen molar-refractivity contribution in [2.45, 2.75) is 25.7 Å². The highest BCUT2D eigenvalue weighted by Crippen LogP contribution is 2.44. The third kappa shape index (κ3) is 3.51. The summed E-state index contributed by atoms with van der Waals surface area (Å²) in [5.74, 6) is 1.43. The molecule has 0 aromatic heterocycles. The maximum atomic E-state index is 12.9. The second-order valence-corrected chi connectivity index (χ2v) is 6.55. The molecule has 1 saturated heterocycles. The van der Waals surface area contributed by atoms with E-state index in [4.69, 9.17) is 9.47 Å². The van der Waals surface area contributed by atoms with Gasteiger partial charge in [0.05, 0.1) is 12.0 Å². The molecule has 126 valence electrons. The number of hydrogen-bond donors (Lipinski definition) is 2. The second kappa shape index (κ2) is 7.32. The summed E-state index contributed by atoms with van der Waals surface area (Å²) in [5.41, 5.74) is 0.617. The highest BCUT2D eigenvalue weighted by Gasteiger charge is 2.49. The van der Waals surface area contributed by atoms with Crippen LogP contribution >= 0.6 is 0 Å². The van der Waals surface area contributed by atoms with Crippen LogP contribution in [0.3, 0.4) is 0 Å². The molecule has 1 amide bonds. The van der Waals surface area contributed by atoms with E-state index in [0.29, 0.717) is 19.1 Å². The highest BCUT2D eigenvalue weighted by atomic mass is 16.5. The molecule has 2 aliphatic rings. The van der Waals surface area contributed by atoms with Gasteiger partial charge in [-0.15, -0.1) is 0 Å². The summed E-state index contributed by atoms with van der Waals surface area (Å²) in [4.78, 5) is 12.9. The van der Waals surface area contributed by atoms with Crippen molar-refractivity contribution in [2.75, 3.05) is 38.7 Å². The summed E-state index contributed by atoms with van der Waals surface area (Å²) >= 11 is 0. The molecule has 3 rings (SSSR count). The van der Waals surface area contributed by atoms with Gasteiger partial charge in [-0.3, -0.25) is 4.79 Å². The maximum Gasteiger partial charge on any atom is 0.232 e. The molecule has 0 radical (unpaired) electrons. The van der Waals surface area contributed by atoms with Crippen LogP contribution in [0.4, 0.5) is 5.69 Å². The number of benzene rings is 1. The fourth-order valence-corrected chi connectivity index (χ4v) is 3.82. The molecular weight excluding hydrogens is 292 g/mol. The lowest BCUT2D eigenvalue weighted by Gasteiger charge is -2.37. The molecule has 23 heavy (non-hydrogen) atoms. The monoisotopic (exact) mass is 318 g/mol. The Balaban J connectivity index is 1.61. The summed E-state index contributed by atoms with van der Waals surface area (Å²) in [7, 11) is 1.65. The molecule has 1 aliphatic carbocycles. The van der Waals surface area contributed by atoms with Gasteiger partial charge in [-0.1, -0.05) is 12.8 Å². The largest absolute Gasteiger partial charge is 0.491 e. The summed E-state index contributed by atoms with van der Waals surface area (Å²) in [6.45, 7) is 2.87. The Bertz CT molecular complexity index is 532. The number of methoxy groups -OCH3 is 1. The molecule has 5 heteroatoms. The number of carbonyl (C=O) groups is 1. The van der Waals surface area contributed by atoms with Crippen molar-refractivity contribution >= 4 is 11.6 Å². The predicted octanol–water partition coefficient (Wildman–Crippen LogP) is 2.43. The first-order chi connectivity index (χ1) is 11.2. The van der Waals surface area contributed by atoms with Gasteiger partial charge in [0.25, 0.3) is 0 Å². The Morgan fingerprint density at radius 2 is 2.13 bits per heavy atom. The Kier molecular flexibility index (Phi) is 5.18. The van der Waals surface area contributed by atoms with Gasteiger partial charge in [0.15, 0.2) is 0 Å². The van der Waals surface area contributed by atoms with E-state index in [2.05, 4.69) is 10.6 Å². The van der Waals surface area contributed by atoms with Gasteiger partial charge >= 0.3 is 0 Å². The van der Waals surface area contributed by atoms with Crippen LogP contribution in [-0.2, 0) is 9.53 Å². The number of rotatable bonds is 6. The molecule has 5 nitrogen and oxygen atoms in total. The van der Waals surface area contributed by atoms with Crippen LogP contribution in [0, 0.1) is 11.3 Å². The number of anilines is 1. The van der Waals surface area contributed by atoms with Crippen LogP contribution in [0.1, 0.15) is 25.7 Å². The van der Waals surface area contributed by atoms with E-state index in [9.17, 15) is 4.79 Å². The first-order valence-corrected chi connectivity index (χ1v) is 8.48. The molecule has 1 aromatic carbocycles. The van der Waals surface area contributed by atoms with E-state index >= 15 is 0 Å². The first kappa shape index (κ1) is 16.3. The zero-order valence-corrected chi connectivity index (χ0v) is 13.8. The Labute approximate surface area is 137 Å². The molecule has 1 aliphatic heterocycles. The molecule has 2 fully saturated rings. The molecular formula is C18H26N2O3. The maximum absolute atomic E-state index is 12.9. The van der Waals surface area contributed by atoms with Crippen LogP contribution in [0.5, 0.6) is 5.75 Å². The van der Waals surface area contributed by atoms with E-state index in [0.717, 1.165) is 43.8 Å². The molecule has 1 heterocycles. The third-order valence-corrected chi connectivity index (χ3v) is 5.16. The van der Waals surface area contributed by atoms with Crippen LogP contribution in [-0.4, -0.2) is 39.3 Å². The van der Waals surface area contributed by atoms with Gasteiger partial charge in [-0.2, -0.15) is 0 Å². The van der Waals surface area contributed by atoms with Gasteiger partial charge in [-0.25, -0.2) is 0 Å². The van der Waals surface area contributed by atoms with E-state index in [1.807, 2.05) is 24.3 Å². The lowest BCUT2D eigenvalue weighted by molar-refractivity contribution is -0.128. The minimum Gasteiger partial charge on any atom is -0.491 e. The zero-order chi connectivity index (χ0) is 16.1. The van der Waals surface area contributed by atoms with Crippen LogP contribution in [0.2, 0.25) is 0 Å². The number of amides is 1. The van der Waals surface area contributed by atoms with Gasteiger partial charge in [0.2, 0.25) is 5.91 Å². The van der Waals surface area contributed by atoms with Gasteiger partial charge in [0, 0.05) is 19.3 Å². The number of fused-ring (bicyclic) bond motifs is 1. The lowest BCUT2D eigenvalue weighted by atomic mass is 9.67. The van der Waals surface area contributed by atoms with E-state index < -0.39 is 0 Å². The quantitative estimate of drug-likeness (QED) is 0.791. The molecule has 0 bridgehead atoms. The summed E-state index contributed by atoms with van der Waals surface area (Å²) in [6, 6.07) is 7.57. The van der Waals surface area contributed by atoms with Crippen molar-refractivity contribution in [3.63, 3.8) is 0 Å². The van der Waals surface area contributed by atoms with Crippen molar-refractivity contribution < 1.29 is 14.3 Å². The smallest absolute Gasteiger partial charge is 0.232 e. The van der Waals surface area contributed by atoms with Crippen LogP contribution < -0.4 is 15.4 Å². The van der Waals surface area contributed by atoms with Gasteiger partial charge in [-0.05, 0) is 49.6 Å². The van der Waals surface area contributed by atoms with Crippen molar-refractivity contribution in [1.82, 2.24) is 5.32 Å². The Hall–Kier alpha value is -1.59. The molecule has 0 unspecified atom stereocenters. The summed E-state index contributed by atoms with van der Waals surface area (Å²) in [6.07, 6.45) is 4.55. The Morgan fingerprint density at radius 3 is 2.91 bits per heavy atom. The van der Waals surface area contributed by atoms with Crippen LogP contribution in [0.15, 0.2) is 24.3 Å². The number of hydrogen-bond acceptors (Lipinski definition) is 4. The second-order valence-electron chi connectivity index (χ2n) is 6.55. The fraction of sp³-hybridized carbons (Fsp3) is 0.611. The van der Waals surface area contributed by atoms with E-state index in [1.165, 1.54) is 6.42 Å². The van der Waals surface area contributed by atoms with Crippen molar-refractivity contribution in [3.8, 4) is 5.75 Å². The standard InChI is InChI=1S/C18H26N2O3/c1-22-10-11-23-16-7-5-15(6-8-16)20-17(21)18-9-3-2-4-14(18)12-19-13-18/h5-8,14,19H,2-4,9-13H2,1H3,(H,20,21)/t14-,18+/m0/s1. The average Bonchev–Trinajstić information content (AvgIpc) is 3.02. The topological polar surface area (TPSA) is 59.6 Å². The van der Waals surface area contributed by atoms with Gasteiger partial charge < -0.3 is 20.1 Å². The zero-order valence-electron chi connectivity index (χ0n) is 13.8. The minimum absolute atomic E-state index is 0.167. The van der Waals surface area contributed by atoms with Crippen molar-refractivity contribution in [3.05, 3.63) is 24.3 Å². The number of ether oxygens (including phenoxy) is 2. The minimum atomic E-state index is -0.216. The lowest BCUT2D eigenvalue weighted by Crippen LogP contribution is -2.44. The first-order valence-electron chi connectivity index (χ1n) is 8.48. The number of nitrogens with one attached hydrogen (secondary N) is 2. The molecule has 0 spiro atoms. The summed E-state index contributed by atoms with van der Waals surface area (Å²) in [5, 5.41) is 6.53. The SMILES string of the molecule is COCCOc1ccc(NC(=O)[C@@]23CCCC[C@H]2CNC3)cc1. The van der Waals surface area contributed by atoms with Crippen LogP contribution in [0.25, 0.3) is 0 Å². The Morgan fingerprint density at radius 1 is 1.30 bits per heavy atom. The average molecular weight is 318 g/mol. The molecule has 1 saturated carbocycles. The van der Waals surface area contributed by atoms with Gasteiger partial charge in [0.1, 0.15) is 12.4 Å². The third-order valence-electron chi connectivity index (χ3n) is 5.16. The molecule has 2 N–H and O–H groups in total. The van der Waals surface area contributed by atoms with Crippen molar-refractivity contribution in [2.24, 2.45) is 11.3 Å². The predicted molar refractivity (Wildman–Crippen MR) is 89.7 cm³/mol. The van der Waals surface area contributed by atoms with E-state index in [1.54, 1.807) is 7.11 Å². The summed E-state index contributed by atoms with van der Waals surface area (Å²) < 4.78 is 10.5. The number of carbonyl (C=O) groups excluding carboxylic acids is 1.